The van der Waals surface area contributed by atoms with Gasteiger partial charge in [0.05, 0.1) is 23.8 Å². The van der Waals surface area contributed by atoms with Gasteiger partial charge < -0.3 is 4.74 Å². The first kappa shape index (κ1) is 24.7. The van der Waals surface area contributed by atoms with Crippen molar-refractivity contribution in [3.05, 3.63) is 64.5 Å². The molecule has 1 heterocycles. The summed E-state index contributed by atoms with van der Waals surface area (Å²) in [5.74, 6) is -1.16. The molecular weight excluding hydrogens is 449 g/mol. The molecule has 0 saturated heterocycles. The van der Waals surface area contributed by atoms with Gasteiger partial charge in [-0.05, 0) is 49.1 Å². The molecule has 1 unspecified atom stereocenters. The zero-order chi connectivity index (χ0) is 24.2. The van der Waals surface area contributed by atoms with Crippen LogP contribution in [0.5, 0.6) is 0 Å². The molecule has 176 valence electrons. The standard InChI is InChI=1S/C23H26FN3O5S/c1-23(33(3)31,22(29)26-30)9-10-27-14-25-20-13-16(5-7-18(20)21(27)28)17-6-4-15(8-11-32-2)12-19(17)24/h4-7,12-14,30H,8-11H2,1-3H3,(H,26,29)/t23-,33?/m1/s1. The van der Waals surface area contributed by atoms with Crippen LogP contribution < -0.4 is 11.0 Å². The van der Waals surface area contributed by atoms with Crippen LogP contribution in [-0.4, -0.2) is 49.6 Å². The largest absolute Gasteiger partial charge is 0.384 e. The molecule has 0 aliphatic carbocycles. The van der Waals surface area contributed by atoms with Crippen molar-refractivity contribution >= 4 is 27.6 Å². The highest BCUT2D eigenvalue weighted by Gasteiger charge is 2.37. The van der Waals surface area contributed by atoms with E-state index in [1.54, 1.807) is 31.4 Å². The van der Waals surface area contributed by atoms with Crippen LogP contribution in [0, 0.1) is 5.82 Å². The molecule has 0 aliphatic heterocycles. The van der Waals surface area contributed by atoms with Crippen LogP contribution in [0.1, 0.15) is 18.9 Å². The maximum Gasteiger partial charge on any atom is 0.261 e. The van der Waals surface area contributed by atoms with Crippen LogP contribution in [0.25, 0.3) is 22.0 Å². The van der Waals surface area contributed by atoms with E-state index >= 15 is 0 Å². The smallest absolute Gasteiger partial charge is 0.261 e. The average Bonchev–Trinajstić information content (AvgIpc) is 2.81. The van der Waals surface area contributed by atoms with Gasteiger partial charge in [0.15, 0.2) is 0 Å². The van der Waals surface area contributed by atoms with Crippen LogP contribution in [0.15, 0.2) is 47.5 Å². The van der Waals surface area contributed by atoms with Crippen LogP contribution in [0.4, 0.5) is 4.39 Å². The minimum Gasteiger partial charge on any atom is -0.384 e. The SMILES string of the molecule is COCCc1ccc(-c2ccc3c(=O)n(CC[C@](C)(C(=O)NO)S(C)=O)cnc3c2)c(F)c1. The van der Waals surface area contributed by atoms with Crippen molar-refractivity contribution in [3.63, 3.8) is 0 Å². The predicted molar refractivity (Wildman–Crippen MR) is 124 cm³/mol. The fourth-order valence-corrected chi connectivity index (χ4v) is 4.18. The van der Waals surface area contributed by atoms with Gasteiger partial charge in [-0.15, -0.1) is 0 Å². The van der Waals surface area contributed by atoms with E-state index < -0.39 is 21.5 Å². The molecule has 10 heteroatoms. The molecule has 3 rings (SSSR count). The Kier molecular flexibility index (Phi) is 7.72. The first-order valence-corrected chi connectivity index (χ1v) is 11.8. The quantitative estimate of drug-likeness (QED) is 0.363. The molecule has 1 aromatic heterocycles. The minimum atomic E-state index is -1.59. The summed E-state index contributed by atoms with van der Waals surface area (Å²) < 4.78 is 31.7. The summed E-state index contributed by atoms with van der Waals surface area (Å²) >= 11 is 0. The number of halogens is 1. The molecule has 1 amide bonds. The topological polar surface area (TPSA) is 111 Å². The number of ether oxygens (including phenoxy) is 1. The molecule has 0 spiro atoms. The lowest BCUT2D eigenvalue weighted by molar-refractivity contribution is -0.131. The Balaban J connectivity index is 1.89. The lowest BCUT2D eigenvalue weighted by Gasteiger charge is -2.24. The number of hydrogen-bond donors (Lipinski definition) is 2. The second-order valence-electron chi connectivity index (χ2n) is 7.91. The van der Waals surface area contributed by atoms with Crippen molar-refractivity contribution in [1.82, 2.24) is 15.0 Å². The monoisotopic (exact) mass is 475 g/mol. The Morgan fingerprint density at radius 1 is 1.30 bits per heavy atom. The number of methoxy groups -OCH3 is 1. The highest BCUT2D eigenvalue weighted by atomic mass is 32.2. The van der Waals surface area contributed by atoms with Crippen molar-refractivity contribution in [2.75, 3.05) is 20.0 Å². The van der Waals surface area contributed by atoms with Gasteiger partial charge >= 0.3 is 0 Å². The zero-order valence-electron chi connectivity index (χ0n) is 18.6. The molecule has 0 radical (unpaired) electrons. The Morgan fingerprint density at radius 3 is 2.70 bits per heavy atom. The van der Waals surface area contributed by atoms with Gasteiger partial charge in [0.2, 0.25) is 0 Å². The summed E-state index contributed by atoms with van der Waals surface area (Å²) in [5.41, 5.74) is 3.43. The number of aromatic nitrogens is 2. The van der Waals surface area contributed by atoms with Gasteiger partial charge in [0.25, 0.3) is 11.5 Å². The van der Waals surface area contributed by atoms with E-state index in [1.807, 2.05) is 6.07 Å². The van der Waals surface area contributed by atoms with E-state index in [4.69, 9.17) is 9.94 Å². The average molecular weight is 476 g/mol. The van der Waals surface area contributed by atoms with Gasteiger partial charge in [-0.2, -0.15) is 0 Å². The van der Waals surface area contributed by atoms with E-state index in [2.05, 4.69) is 4.98 Å². The highest BCUT2D eigenvalue weighted by molar-refractivity contribution is 7.86. The van der Waals surface area contributed by atoms with E-state index in [0.717, 1.165) is 5.56 Å². The summed E-state index contributed by atoms with van der Waals surface area (Å²) in [6, 6.07) is 9.91. The molecule has 2 atom stereocenters. The Labute approximate surface area is 192 Å². The zero-order valence-corrected chi connectivity index (χ0v) is 19.4. The van der Waals surface area contributed by atoms with Crippen molar-refractivity contribution < 1.29 is 23.3 Å². The molecular formula is C23H26FN3O5S. The van der Waals surface area contributed by atoms with E-state index in [-0.39, 0.29) is 24.3 Å². The number of fused-ring (bicyclic) bond motifs is 1. The fourth-order valence-electron chi connectivity index (χ4n) is 3.49. The van der Waals surface area contributed by atoms with Crippen LogP contribution in [0.3, 0.4) is 0 Å². The number of hydrogen-bond acceptors (Lipinski definition) is 6. The van der Waals surface area contributed by atoms with Crippen molar-refractivity contribution in [2.24, 2.45) is 0 Å². The number of carbonyl (C=O) groups is 1. The Hall–Kier alpha value is -2.95. The van der Waals surface area contributed by atoms with Gasteiger partial charge in [0.1, 0.15) is 10.6 Å². The van der Waals surface area contributed by atoms with E-state index in [9.17, 15) is 18.2 Å². The number of nitrogens with one attached hydrogen (secondary N) is 1. The molecule has 2 N–H and O–H groups in total. The Bertz CT molecular complexity index is 1260. The van der Waals surface area contributed by atoms with Gasteiger partial charge in [0, 0.05) is 36.3 Å². The third-order valence-corrected chi connectivity index (χ3v) is 7.47. The molecule has 2 aromatic carbocycles. The molecule has 3 aromatic rings. The third kappa shape index (κ3) is 5.18. The third-order valence-electron chi connectivity index (χ3n) is 5.81. The molecule has 0 aliphatic rings. The summed E-state index contributed by atoms with van der Waals surface area (Å²) in [4.78, 5) is 29.2. The summed E-state index contributed by atoms with van der Waals surface area (Å²) in [6.45, 7) is 2.03. The van der Waals surface area contributed by atoms with Crippen LogP contribution in [0.2, 0.25) is 0 Å². The molecule has 0 saturated carbocycles. The fraction of sp³-hybridized carbons (Fsp3) is 0.348. The van der Waals surface area contributed by atoms with Crippen LogP contribution >= 0.6 is 0 Å². The molecule has 0 bridgehead atoms. The van der Waals surface area contributed by atoms with Crippen molar-refractivity contribution in [3.8, 4) is 11.1 Å². The molecule has 8 nitrogen and oxygen atoms in total. The van der Waals surface area contributed by atoms with Gasteiger partial charge in [-0.1, -0.05) is 18.2 Å². The second-order valence-corrected chi connectivity index (χ2v) is 9.72. The molecule has 33 heavy (non-hydrogen) atoms. The van der Waals surface area contributed by atoms with Crippen molar-refractivity contribution in [1.29, 1.82) is 0 Å². The Morgan fingerprint density at radius 2 is 2.06 bits per heavy atom. The highest BCUT2D eigenvalue weighted by Crippen LogP contribution is 2.26. The van der Waals surface area contributed by atoms with Crippen molar-refractivity contribution in [2.45, 2.75) is 31.1 Å². The number of aryl methyl sites for hydroxylation is 1. The summed E-state index contributed by atoms with van der Waals surface area (Å²) in [6.07, 6.45) is 3.36. The van der Waals surface area contributed by atoms with Crippen LogP contribution in [-0.2, 0) is 33.3 Å². The van der Waals surface area contributed by atoms with Gasteiger partial charge in [-0.3, -0.25) is 23.6 Å². The lowest BCUT2D eigenvalue weighted by atomic mass is 10.0. The maximum absolute atomic E-state index is 14.7. The number of nitrogens with zero attached hydrogens (tertiary/aromatic N) is 2. The molecule has 0 fully saturated rings. The van der Waals surface area contributed by atoms with E-state index in [0.29, 0.717) is 35.1 Å². The number of amides is 1. The maximum atomic E-state index is 14.7. The predicted octanol–water partition coefficient (Wildman–Crippen LogP) is 2.42. The first-order valence-electron chi connectivity index (χ1n) is 10.3. The summed E-state index contributed by atoms with van der Waals surface area (Å²) in [7, 11) is 0.00608. The number of benzene rings is 2. The first-order chi connectivity index (χ1) is 15.7. The van der Waals surface area contributed by atoms with Gasteiger partial charge in [-0.25, -0.2) is 14.9 Å². The van der Waals surface area contributed by atoms with E-state index in [1.165, 1.54) is 35.6 Å². The normalized spacial score (nSPS) is 14.1. The second kappa shape index (κ2) is 10.3. The number of rotatable bonds is 9. The number of hydroxylamine groups is 1. The lowest BCUT2D eigenvalue weighted by Crippen LogP contribution is -2.47. The number of carbonyl (C=O) groups excluding carboxylic acids is 1. The minimum absolute atomic E-state index is 0.0499. The summed E-state index contributed by atoms with van der Waals surface area (Å²) in [5, 5.41) is 9.30.